The normalized spacial score (nSPS) is 11.9. The van der Waals surface area contributed by atoms with E-state index < -0.39 is 6.04 Å². The minimum Gasteiger partial charge on any atom is -0.477 e. The van der Waals surface area contributed by atoms with Gasteiger partial charge in [0.15, 0.2) is 5.82 Å². The lowest BCUT2D eigenvalue weighted by molar-refractivity contribution is 0.276. The van der Waals surface area contributed by atoms with Crippen LogP contribution in [-0.4, -0.2) is 38.5 Å². The lowest BCUT2D eigenvalue weighted by Gasteiger charge is -2.17. The highest BCUT2D eigenvalue weighted by Crippen LogP contribution is 2.26. The Balaban J connectivity index is 1.73. The van der Waals surface area contributed by atoms with Crippen molar-refractivity contribution in [3.05, 3.63) is 52.9 Å². The van der Waals surface area contributed by atoms with Gasteiger partial charge in [0.1, 0.15) is 16.7 Å². The molecule has 10 heteroatoms. The number of ether oxygens (including phenoxy) is 1. The first kappa shape index (κ1) is 19.8. The molecular formula is C18H20ClFN6O2. The van der Waals surface area contributed by atoms with Gasteiger partial charge in [-0.15, -0.1) is 5.10 Å². The Kier molecular flexibility index (Phi) is 6.62. The summed E-state index contributed by atoms with van der Waals surface area (Å²) in [6.07, 6.45) is 2.31. The Hall–Kier alpha value is -2.91. The number of H-pyrrole nitrogens is 1. The zero-order valence-corrected chi connectivity index (χ0v) is 15.9. The fourth-order valence-electron chi connectivity index (χ4n) is 2.39. The fourth-order valence-corrected chi connectivity index (χ4v) is 2.52. The van der Waals surface area contributed by atoms with Gasteiger partial charge in [-0.25, -0.2) is 9.37 Å². The Morgan fingerprint density at radius 1 is 1.32 bits per heavy atom. The van der Waals surface area contributed by atoms with E-state index in [0.717, 1.165) is 6.42 Å². The molecule has 0 aliphatic rings. The van der Waals surface area contributed by atoms with Crippen LogP contribution in [-0.2, 0) is 0 Å². The van der Waals surface area contributed by atoms with E-state index in [1.807, 2.05) is 6.92 Å². The molecule has 28 heavy (non-hydrogen) atoms. The maximum absolute atomic E-state index is 13.1. The summed E-state index contributed by atoms with van der Waals surface area (Å²) >= 11 is 6.17. The summed E-state index contributed by atoms with van der Waals surface area (Å²) in [6, 6.07) is 7.01. The summed E-state index contributed by atoms with van der Waals surface area (Å²) in [5, 5.41) is 22.8. The number of anilines is 3. The number of hydrogen-bond acceptors (Lipinski definition) is 7. The Morgan fingerprint density at radius 2 is 2.11 bits per heavy atom. The molecule has 3 rings (SSSR count). The number of aliphatic hydroxyl groups is 1. The molecule has 0 amide bonds. The van der Waals surface area contributed by atoms with Crippen molar-refractivity contribution in [3.8, 4) is 5.88 Å². The number of aliphatic hydroxyl groups excluding tert-OH is 1. The average Bonchev–Trinajstić information content (AvgIpc) is 3.15. The highest BCUT2D eigenvalue weighted by Gasteiger charge is 2.14. The van der Waals surface area contributed by atoms with Crippen molar-refractivity contribution >= 4 is 29.2 Å². The predicted octanol–water partition coefficient (Wildman–Crippen LogP) is 3.67. The van der Waals surface area contributed by atoms with E-state index in [1.165, 1.54) is 18.3 Å². The molecule has 0 radical (unpaired) electrons. The number of hydrogen-bond donors (Lipinski definition) is 4. The Bertz CT molecular complexity index is 905. The molecule has 148 valence electrons. The van der Waals surface area contributed by atoms with Gasteiger partial charge in [-0.3, -0.25) is 5.10 Å². The number of rotatable bonds is 9. The van der Waals surface area contributed by atoms with E-state index >= 15 is 0 Å². The van der Waals surface area contributed by atoms with Gasteiger partial charge in [-0.05, 0) is 24.1 Å². The smallest absolute Gasteiger partial charge is 0.234 e. The first-order valence-corrected chi connectivity index (χ1v) is 9.07. The summed E-state index contributed by atoms with van der Waals surface area (Å²) in [5.41, 5.74) is 0.697. The molecule has 0 aliphatic carbocycles. The monoisotopic (exact) mass is 406 g/mol. The molecular weight excluding hydrogens is 387 g/mol. The van der Waals surface area contributed by atoms with Gasteiger partial charge in [-0.1, -0.05) is 30.7 Å². The molecule has 8 nitrogen and oxygen atoms in total. The summed E-state index contributed by atoms with van der Waals surface area (Å²) in [7, 11) is 0. The predicted molar refractivity (Wildman–Crippen MR) is 105 cm³/mol. The third kappa shape index (κ3) is 5.08. The van der Waals surface area contributed by atoms with Gasteiger partial charge >= 0.3 is 0 Å². The minimum atomic E-state index is -0.504. The quantitative estimate of drug-likeness (QED) is 0.429. The lowest BCUT2D eigenvalue weighted by Crippen LogP contribution is -2.17. The largest absolute Gasteiger partial charge is 0.477 e. The van der Waals surface area contributed by atoms with Crippen LogP contribution < -0.4 is 15.4 Å². The van der Waals surface area contributed by atoms with Gasteiger partial charge in [0.05, 0.1) is 25.5 Å². The molecule has 1 aromatic carbocycles. The SMILES string of the molecule is CCCOc1cc(Nc2nc(N[C@@H](CO)c3ccc(F)cc3)ncc2Cl)[nH]n1. The lowest BCUT2D eigenvalue weighted by atomic mass is 10.1. The van der Waals surface area contributed by atoms with Crippen LogP contribution in [0.15, 0.2) is 36.5 Å². The Morgan fingerprint density at radius 3 is 2.82 bits per heavy atom. The second-order valence-corrected chi connectivity index (χ2v) is 6.32. The fraction of sp³-hybridized carbons (Fsp3) is 0.278. The molecule has 0 saturated heterocycles. The molecule has 2 aromatic heterocycles. The van der Waals surface area contributed by atoms with Crippen molar-refractivity contribution in [2.24, 2.45) is 0 Å². The molecule has 0 fully saturated rings. The van der Waals surface area contributed by atoms with Crippen LogP contribution in [0.25, 0.3) is 0 Å². The average molecular weight is 407 g/mol. The van der Waals surface area contributed by atoms with Crippen LogP contribution in [0.4, 0.5) is 22.0 Å². The standard InChI is InChI=1S/C18H20ClFN6O2/c1-2-7-28-16-8-15(25-26-16)23-17-13(19)9-21-18(24-17)22-14(10-27)11-3-5-12(20)6-4-11/h3-6,8-9,14,27H,2,7,10H2,1H3,(H3,21,22,23,24,25,26)/t14-/m0/s1. The summed E-state index contributed by atoms with van der Waals surface area (Å²) in [4.78, 5) is 8.46. The van der Waals surface area contributed by atoms with Crippen molar-refractivity contribution in [1.29, 1.82) is 0 Å². The maximum Gasteiger partial charge on any atom is 0.234 e. The van der Waals surface area contributed by atoms with Gasteiger partial charge in [0.25, 0.3) is 0 Å². The molecule has 0 saturated carbocycles. The van der Waals surface area contributed by atoms with E-state index in [1.54, 1.807) is 18.2 Å². The van der Waals surface area contributed by atoms with Crippen molar-refractivity contribution in [3.63, 3.8) is 0 Å². The van der Waals surface area contributed by atoms with Crippen molar-refractivity contribution < 1.29 is 14.2 Å². The van der Waals surface area contributed by atoms with Gasteiger partial charge in [-0.2, -0.15) is 4.98 Å². The van der Waals surface area contributed by atoms with E-state index in [2.05, 4.69) is 30.8 Å². The van der Waals surface area contributed by atoms with Crippen LogP contribution in [0.5, 0.6) is 5.88 Å². The molecule has 2 heterocycles. The number of halogens is 2. The number of aromatic amines is 1. The van der Waals surface area contributed by atoms with E-state index in [-0.39, 0.29) is 18.4 Å². The highest BCUT2D eigenvalue weighted by molar-refractivity contribution is 6.32. The van der Waals surface area contributed by atoms with Crippen LogP contribution in [0.2, 0.25) is 5.02 Å². The number of nitrogens with zero attached hydrogens (tertiary/aromatic N) is 3. The van der Waals surface area contributed by atoms with E-state index in [0.29, 0.717) is 34.7 Å². The Labute approximate surface area is 166 Å². The van der Waals surface area contributed by atoms with Crippen molar-refractivity contribution in [2.75, 3.05) is 23.8 Å². The number of nitrogens with one attached hydrogen (secondary N) is 3. The highest BCUT2D eigenvalue weighted by atomic mass is 35.5. The summed E-state index contributed by atoms with van der Waals surface area (Å²) in [5.74, 6) is 1.26. The van der Waals surface area contributed by atoms with Crippen LogP contribution in [0.1, 0.15) is 24.9 Å². The van der Waals surface area contributed by atoms with Crippen LogP contribution in [0, 0.1) is 5.82 Å². The number of aromatic nitrogens is 4. The maximum atomic E-state index is 13.1. The first-order valence-electron chi connectivity index (χ1n) is 8.69. The first-order chi connectivity index (χ1) is 13.6. The second-order valence-electron chi connectivity index (χ2n) is 5.91. The summed E-state index contributed by atoms with van der Waals surface area (Å²) in [6.45, 7) is 2.35. The zero-order valence-electron chi connectivity index (χ0n) is 15.1. The van der Waals surface area contributed by atoms with E-state index in [9.17, 15) is 9.50 Å². The summed E-state index contributed by atoms with van der Waals surface area (Å²) < 4.78 is 18.5. The van der Waals surface area contributed by atoms with Crippen LogP contribution >= 0.6 is 11.6 Å². The van der Waals surface area contributed by atoms with Crippen LogP contribution in [0.3, 0.4) is 0 Å². The molecule has 3 aromatic rings. The minimum absolute atomic E-state index is 0.223. The second kappa shape index (κ2) is 9.34. The number of benzene rings is 1. The third-order valence-corrected chi connectivity index (χ3v) is 4.04. The van der Waals surface area contributed by atoms with Gasteiger partial charge in [0.2, 0.25) is 11.8 Å². The van der Waals surface area contributed by atoms with Gasteiger partial charge < -0.3 is 20.5 Å². The van der Waals surface area contributed by atoms with Crippen molar-refractivity contribution in [2.45, 2.75) is 19.4 Å². The van der Waals surface area contributed by atoms with Crippen molar-refractivity contribution in [1.82, 2.24) is 20.2 Å². The molecule has 4 N–H and O–H groups in total. The topological polar surface area (TPSA) is 108 Å². The molecule has 0 bridgehead atoms. The zero-order chi connectivity index (χ0) is 19.9. The molecule has 0 aliphatic heterocycles. The third-order valence-electron chi connectivity index (χ3n) is 3.76. The van der Waals surface area contributed by atoms with E-state index in [4.69, 9.17) is 16.3 Å². The van der Waals surface area contributed by atoms with Gasteiger partial charge in [0, 0.05) is 6.07 Å². The molecule has 0 spiro atoms. The molecule has 0 unspecified atom stereocenters. The molecule has 1 atom stereocenters.